The number of rotatable bonds is 17. The Morgan fingerprint density at radius 1 is 0.793 bits per heavy atom. The highest BCUT2D eigenvalue weighted by molar-refractivity contribution is 7.86. The van der Waals surface area contributed by atoms with E-state index < -0.39 is 10.1 Å². The Labute approximate surface area is 180 Å². The molecule has 4 heteroatoms. The molecule has 0 atom stereocenters. The minimum Gasteiger partial charge on any atom is -0.384 e. The number of unbranched alkanes of at least 4 members (excludes halogenated alkanes) is 11. The Morgan fingerprint density at radius 2 is 1.31 bits per heavy atom. The van der Waals surface area contributed by atoms with E-state index in [1.807, 2.05) is 25.1 Å². The first-order chi connectivity index (χ1) is 14.0. The zero-order valence-corrected chi connectivity index (χ0v) is 19.7. The van der Waals surface area contributed by atoms with Gasteiger partial charge in [0.25, 0.3) is 0 Å². The van der Waals surface area contributed by atoms with Gasteiger partial charge in [-0.25, -0.2) is 0 Å². The van der Waals surface area contributed by atoms with E-state index in [4.69, 9.17) is 4.18 Å². The highest BCUT2D eigenvalue weighted by Crippen LogP contribution is 2.22. The molecule has 0 aromatic heterocycles. The van der Waals surface area contributed by atoms with Gasteiger partial charge >= 0.3 is 10.1 Å². The Bertz CT molecular complexity index is 660. The number of benzene rings is 1. The maximum absolute atomic E-state index is 12.7. The summed E-state index contributed by atoms with van der Waals surface area (Å²) in [4.78, 5) is 0.233. The molecule has 0 bridgehead atoms. The quantitative estimate of drug-likeness (QED) is 0.145. The molecule has 0 aliphatic carbocycles. The topological polar surface area (TPSA) is 43.4 Å². The van der Waals surface area contributed by atoms with E-state index in [1.54, 1.807) is 12.1 Å². The van der Waals surface area contributed by atoms with Crippen LogP contribution in [0.2, 0.25) is 0 Å². The largest absolute Gasteiger partial charge is 0.384 e. The second-order valence-corrected chi connectivity index (χ2v) is 9.64. The fourth-order valence-electron chi connectivity index (χ4n) is 3.34. The molecule has 1 aromatic rings. The van der Waals surface area contributed by atoms with Crippen molar-refractivity contribution in [2.45, 2.75) is 116 Å². The summed E-state index contributed by atoms with van der Waals surface area (Å²) in [5, 5.41) is 0. The Kier molecular flexibility index (Phi) is 13.8. The van der Waals surface area contributed by atoms with Gasteiger partial charge in [0.2, 0.25) is 0 Å². The molecular weight excluding hydrogens is 380 g/mol. The first-order valence-electron chi connectivity index (χ1n) is 11.7. The van der Waals surface area contributed by atoms with Crippen LogP contribution in [0.25, 0.3) is 0 Å². The number of allylic oxidation sites excluding steroid dienone is 2. The van der Waals surface area contributed by atoms with E-state index in [1.165, 1.54) is 57.8 Å². The monoisotopic (exact) mass is 422 g/mol. The van der Waals surface area contributed by atoms with Crippen LogP contribution < -0.4 is 0 Å². The molecule has 166 valence electrons. The molecule has 1 rings (SSSR count). The van der Waals surface area contributed by atoms with Crippen LogP contribution in [0, 0.1) is 6.92 Å². The number of hydrogen-bond donors (Lipinski definition) is 0. The van der Waals surface area contributed by atoms with Gasteiger partial charge in [-0.1, -0.05) is 95.8 Å². The molecule has 0 heterocycles. The normalized spacial score (nSPS) is 12.3. The van der Waals surface area contributed by atoms with Crippen LogP contribution in [0.1, 0.15) is 109 Å². The lowest BCUT2D eigenvalue weighted by Crippen LogP contribution is -2.07. The summed E-state index contributed by atoms with van der Waals surface area (Å²) >= 11 is 0. The molecule has 1 aromatic carbocycles. The summed E-state index contributed by atoms with van der Waals surface area (Å²) in [7, 11) is -3.75. The van der Waals surface area contributed by atoms with Crippen LogP contribution in [0.3, 0.4) is 0 Å². The standard InChI is InChI=1S/C25H42O3S/c1-4-6-8-10-12-14-16-18-24(17-15-13-11-9-7-5-2)28-29(26,27)25-21-19-23(3)20-22-25/h18-22H,4-17H2,1-3H3. The highest BCUT2D eigenvalue weighted by atomic mass is 32.2. The van der Waals surface area contributed by atoms with Gasteiger partial charge in [0.1, 0.15) is 10.7 Å². The Hall–Kier alpha value is -1.29. The molecule has 0 aliphatic heterocycles. The molecule has 3 nitrogen and oxygen atoms in total. The lowest BCUT2D eigenvalue weighted by atomic mass is 10.1. The maximum Gasteiger partial charge on any atom is 0.338 e. The molecule has 0 spiro atoms. The molecule has 0 N–H and O–H groups in total. The van der Waals surface area contributed by atoms with Gasteiger partial charge in [-0.3, -0.25) is 0 Å². The van der Waals surface area contributed by atoms with E-state index in [0.717, 1.165) is 31.2 Å². The fourth-order valence-corrected chi connectivity index (χ4v) is 4.34. The molecule has 0 amide bonds. The summed E-state index contributed by atoms with van der Waals surface area (Å²) in [6.45, 7) is 6.39. The summed E-state index contributed by atoms with van der Waals surface area (Å²) in [5.74, 6) is 0.620. The number of hydrogen-bond acceptors (Lipinski definition) is 3. The van der Waals surface area contributed by atoms with Crippen LogP contribution in [-0.4, -0.2) is 8.42 Å². The van der Waals surface area contributed by atoms with Crippen molar-refractivity contribution in [2.24, 2.45) is 0 Å². The maximum atomic E-state index is 12.7. The molecular formula is C25H42O3S. The van der Waals surface area contributed by atoms with E-state index in [9.17, 15) is 8.42 Å². The third kappa shape index (κ3) is 12.1. The van der Waals surface area contributed by atoms with Crippen molar-refractivity contribution in [1.82, 2.24) is 0 Å². The van der Waals surface area contributed by atoms with Gasteiger partial charge in [0.05, 0.1) is 0 Å². The first-order valence-corrected chi connectivity index (χ1v) is 13.1. The fraction of sp³-hybridized carbons (Fsp3) is 0.680. The van der Waals surface area contributed by atoms with Gasteiger partial charge in [0, 0.05) is 6.42 Å². The van der Waals surface area contributed by atoms with Gasteiger partial charge in [-0.15, -0.1) is 0 Å². The molecule has 0 saturated carbocycles. The zero-order valence-electron chi connectivity index (χ0n) is 18.9. The van der Waals surface area contributed by atoms with E-state index >= 15 is 0 Å². The van der Waals surface area contributed by atoms with Gasteiger partial charge in [-0.2, -0.15) is 8.42 Å². The van der Waals surface area contributed by atoms with Crippen molar-refractivity contribution in [2.75, 3.05) is 0 Å². The minimum atomic E-state index is -3.75. The lowest BCUT2D eigenvalue weighted by Gasteiger charge is -2.11. The van der Waals surface area contributed by atoms with Gasteiger partial charge in [-0.05, 0) is 44.4 Å². The summed E-state index contributed by atoms with van der Waals surface area (Å²) in [5.41, 5.74) is 1.04. The first kappa shape index (κ1) is 25.7. The predicted octanol–water partition coefficient (Wildman–Crippen LogP) is 8.09. The molecule has 0 unspecified atom stereocenters. The van der Waals surface area contributed by atoms with Crippen molar-refractivity contribution in [3.05, 3.63) is 41.7 Å². The van der Waals surface area contributed by atoms with Crippen molar-refractivity contribution >= 4 is 10.1 Å². The smallest absolute Gasteiger partial charge is 0.338 e. The lowest BCUT2D eigenvalue weighted by molar-refractivity contribution is 0.381. The predicted molar refractivity (Wildman–Crippen MR) is 124 cm³/mol. The van der Waals surface area contributed by atoms with Gasteiger partial charge in [0.15, 0.2) is 0 Å². The second-order valence-electron chi connectivity index (χ2n) is 8.10. The van der Waals surface area contributed by atoms with Crippen LogP contribution in [0.15, 0.2) is 41.0 Å². The SMILES string of the molecule is CCCCCCCCC=C(CCCCCCCC)OS(=O)(=O)c1ccc(C)cc1. The molecule has 0 saturated heterocycles. The van der Waals surface area contributed by atoms with E-state index in [2.05, 4.69) is 13.8 Å². The third-order valence-corrected chi connectivity index (χ3v) is 6.52. The third-order valence-electron chi connectivity index (χ3n) is 5.23. The van der Waals surface area contributed by atoms with Crippen molar-refractivity contribution in [3.63, 3.8) is 0 Å². The summed E-state index contributed by atoms with van der Waals surface area (Å²) < 4.78 is 30.9. The van der Waals surface area contributed by atoms with Crippen molar-refractivity contribution in [1.29, 1.82) is 0 Å². The van der Waals surface area contributed by atoms with Crippen LogP contribution >= 0.6 is 0 Å². The molecule has 0 fully saturated rings. The zero-order chi connectivity index (χ0) is 21.4. The van der Waals surface area contributed by atoms with Crippen LogP contribution in [0.4, 0.5) is 0 Å². The second kappa shape index (κ2) is 15.5. The van der Waals surface area contributed by atoms with Crippen molar-refractivity contribution < 1.29 is 12.6 Å². The molecule has 29 heavy (non-hydrogen) atoms. The number of aryl methyl sites for hydroxylation is 1. The van der Waals surface area contributed by atoms with E-state index in [-0.39, 0.29) is 4.90 Å². The average molecular weight is 423 g/mol. The minimum absolute atomic E-state index is 0.233. The molecule has 0 radical (unpaired) electrons. The van der Waals surface area contributed by atoms with Gasteiger partial charge < -0.3 is 4.18 Å². The summed E-state index contributed by atoms with van der Waals surface area (Å²) in [6.07, 6.45) is 18.1. The van der Waals surface area contributed by atoms with Crippen LogP contribution in [0.5, 0.6) is 0 Å². The molecule has 0 aliphatic rings. The Morgan fingerprint density at radius 3 is 1.90 bits per heavy atom. The average Bonchev–Trinajstić information content (AvgIpc) is 2.69. The van der Waals surface area contributed by atoms with Crippen molar-refractivity contribution in [3.8, 4) is 0 Å². The van der Waals surface area contributed by atoms with E-state index in [0.29, 0.717) is 12.2 Å². The summed E-state index contributed by atoms with van der Waals surface area (Å²) in [6, 6.07) is 6.87. The van der Waals surface area contributed by atoms with Crippen LogP contribution in [-0.2, 0) is 14.3 Å². The highest BCUT2D eigenvalue weighted by Gasteiger charge is 2.17. The Balaban J connectivity index is 2.60.